The van der Waals surface area contributed by atoms with Crippen molar-refractivity contribution in [3.63, 3.8) is 0 Å². The monoisotopic (exact) mass is 134 g/mol. The van der Waals surface area contributed by atoms with E-state index in [-0.39, 0.29) is 0 Å². The van der Waals surface area contributed by atoms with Crippen molar-refractivity contribution in [3.05, 3.63) is 0 Å². The Morgan fingerprint density at radius 3 is 2.50 bits per heavy atom. The summed E-state index contributed by atoms with van der Waals surface area (Å²) in [5, 5.41) is 6.24. The largest absolute Gasteiger partial charge is 0.318 e. The van der Waals surface area contributed by atoms with Crippen molar-refractivity contribution in [2.24, 2.45) is 0 Å². The second-order valence-corrected chi connectivity index (χ2v) is 2.02. The van der Waals surface area contributed by atoms with Gasteiger partial charge in [-0.1, -0.05) is 0 Å². The summed E-state index contributed by atoms with van der Waals surface area (Å²) in [5.74, 6) is 0.920. The minimum absolute atomic E-state index is 0.920. The van der Waals surface area contributed by atoms with Crippen LogP contribution in [0.4, 0.5) is 0 Å². The van der Waals surface area contributed by atoms with E-state index in [2.05, 4.69) is 23.3 Å². The first-order valence-electron chi connectivity index (χ1n) is 2.88. The molecular weight excluding hydrogens is 120 g/mol. The molecule has 0 fully saturated rings. The van der Waals surface area contributed by atoms with Crippen LogP contribution in [0.25, 0.3) is 0 Å². The summed E-state index contributed by atoms with van der Waals surface area (Å²) in [6.45, 7) is 3.08. The summed E-state index contributed by atoms with van der Waals surface area (Å²) in [7, 11) is 1.95. The number of hydrogen-bond acceptors (Lipinski definition) is 3. The van der Waals surface area contributed by atoms with Gasteiger partial charge in [-0.3, -0.25) is 0 Å². The highest BCUT2D eigenvalue weighted by molar-refractivity contribution is 7.80. The zero-order valence-corrected chi connectivity index (χ0v) is 6.17. The van der Waals surface area contributed by atoms with E-state index in [1.165, 1.54) is 0 Å². The molecule has 0 rings (SSSR count). The topological polar surface area (TPSA) is 24.1 Å². The SMILES string of the molecule is CNCCNCCS. The van der Waals surface area contributed by atoms with Crippen molar-refractivity contribution in [3.8, 4) is 0 Å². The normalized spacial score (nSPS) is 9.75. The molecule has 0 amide bonds. The van der Waals surface area contributed by atoms with E-state index in [1.807, 2.05) is 7.05 Å². The maximum atomic E-state index is 4.04. The molecule has 0 aliphatic rings. The van der Waals surface area contributed by atoms with Crippen LogP contribution in [-0.4, -0.2) is 32.4 Å². The summed E-state index contributed by atoms with van der Waals surface area (Å²) >= 11 is 4.04. The Morgan fingerprint density at radius 1 is 1.25 bits per heavy atom. The quantitative estimate of drug-likeness (QED) is 0.356. The maximum Gasteiger partial charge on any atom is 0.00769 e. The Balaban J connectivity index is 2.53. The summed E-state index contributed by atoms with van der Waals surface area (Å²) in [4.78, 5) is 0. The third kappa shape index (κ3) is 6.27. The summed E-state index contributed by atoms with van der Waals surface area (Å²) in [6.07, 6.45) is 0. The molecule has 0 bridgehead atoms. The number of likely N-dealkylation sites (N-methyl/N-ethyl adjacent to an activating group) is 1. The number of thiol groups is 1. The molecule has 0 aromatic carbocycles. The van der Waals surface area contributed by atoms with Crippen LogP contribution in [0.3, 0.4) is 0 Å². The molecule has 8 heavy (non-hydrogen) atoms. The lowest BCUT2D eigenvalue weighted by atomic mass is 10.6. The van der Waals surface area contributed by atoms with Gasteiger partial charge in [0.05, 0.1) is 0 Å². The van der Waals surface area contributed by atoms with Crippen molar-refractivity contribution in [2.75, 3.05) is 32.4 Å². The van der Waals surface area contributed by atoms with Crippen LogP contribution in [0, 0.1) is 0 Å². The van der Waals surface area contributed by atoms with Gasteiger partial charge in [-0.25, -0.2) is 0 Å². The fraction of sp³-hybridized carbons (Fsp3) is 1.00. The van der Waals surface area contributed by atoms with Gasteiger partial charge in [-0.05, 0) is 7.05 Å². The van der Waals surface area contributed by atoms with Gasteiger partial charge in [0.1, 0.15) is 0 Å². The van der Waals surface area contributed by atoms with Crippen LogP contribution >= 0.6 is 12.6 Å². The summed E-state index contributed by atoms with van der Waals surface area (Å²) < 4.78 is 0. The number of rotatable bonds is 5. The molecule has 0 atom stereocenters. The van der Waals surface area contributed by atoms with Gasteiger partial charge >= 0.3 is 0 Å². The lowest BCUT2D eigenvalue weighted by Crippen LogP contribution is -2.26. The van der Waals surface area contributed by atoms with Crippen LogP contribution < -0.4 is 10.6 Å². The van der Waals surface area contributed by atoms with Crippen LogP contribution in [0.2, 0.25) is 0 Å². The lowest BCUT2D eigenvalue weighted by molar-refractivity contribution is 0.675. The van der Waals surface area contributed by atoms with Crippen molar-refractivity contribution in [1.29, 1.82) is 0 Å². The van der Waals surface area contributed by atoms with Crippen molar-refractivity contribution < 1.29 is 0 Å². The first-order chi connectivity index (χ1) is 3.91. The molecule has 2 nitrogen and oxygen atoms in total. The van der Waals surface area contributed by atoms with E-state index in [0.29, 0.717) is 0 Å². The van der Waals surface area contributed by atoms with Crippen molar-refractivity contribution in [1.82, 2.24) is 10.6 Å². The zero-order chi connectivity index (χ0) is 6.24. The van der Waals surface area contributed by atoms with E-state index in [4.69, 9.17) is 0 Å². The molecule has 0 aromatic rings. The van der Waals surface area contributed by atoms with Gasteiger partial charge in [0.25, 0.3) is 0 Å². The number of nitrogens with one attached hydrogen (secondary N) is 2. The average molecular weight is 134 g/mol. The molecule has 0 aliphatic carbocycles. The molecular formula is C5H14N2S. The van der Waals surface area contributed by atoms with E-state index >= 15 is 0 Å². The summed E-state index contributed by atoms with van der Waals surface area (Å²) in [5.41, 5.74) is 0. The molecule has 0 spiro atoms. The molecule has 0 heterocycles. The molecule has 50 valence electrons. The predicted molar refractivity (Wildman–Crippen MR) is 40.6 cm³/mol. The average Bonchev–Trinajstić information content (AvgIpc) is 1.81. The lowest BCUT2D eigenvalue weighted by Gasteiger charge is -1.99. The van der Waals surface area contributed by atoms with E-state index in [9.17, 15) is 0 Å². The molecule has 0 saturated carbocycles. The second-order valence-electron chi connectivity index (χ2n) is 1.58. The minimum Gasteiger partial charge on any atom is -0.318 e. The highest BCUT2D eigenvalue weighted by Gasteiger charge is 1.79. The fourth-order valence-electron chi connectivity index (χ4n) is 0.417. The van der Waals surface area contributed by atoms with Gasteiger partial charge in [-0.15, -0.1) is 0 Å². The third-order valence-electron chi connectivity index (χ3n) is 0.840. The predicted octanol–water partition coefficient (Wildman–Crippen LogP) is -0.275. The molecule has 0 radical (unpaired) electrons. The molecule has 0 aromatic heterocycles. The maximum absolute atomic E-state index is 4.04. The number of hydrogen-bond donors (Lipinski definition) is 3. The van der Waals surface area contributed by atoms with Crippen LogP contribution in [0.1, 0.15) is 0 Å². The third-order valence-corrected chi connectivity index (χ3v) is 1.06. The van der Waals surface area contributed by atoms with Crippen LogP contribution in [0.5, 0.6) is 0 Å². The Bertz CT molecular complexity index is 35.4. The molecule has 3 heteroatoms. The van der Waals surface area contributed by atoms with Crippen LogP contribution in [-0.2, 0) is 0 Å². The molecule has 2 N–H and O–H groups in total. The van der Waals surface area contributed by atoms with Gasteiger partial charge in [0.15, 0.2) is 0 Å². The van der Waals surface area contributed by atoms with Gasteiger partial charge in [-0.2, -0.15) is 12.6 Å². The molecule has 0 saturated heterocycles. The zero-order valence-electron chi connectivity index (χ0n) is 5.28. The highest BCUT2D eigenvalue weighted by atomic mass is 32.1. The van der Waals surface area contributed by atoms with Gasteiger partial charge < -0.3 is 10.6 Å². The van der Waals surface area contributed by atoms with Gasteiger partial charge in [0.2, 0.25) is 0 Å². The second kappa shape index (κ2) is 7.27. The Labute approximate surface area is 56.5 Å². The summed E-state index contributed by atoms with van der Waals surface area (Å²) in [6, 6.07) is 0. The van der Waals surface area contributed by atoms with Crippen LogP contribution in [0.15, 0.2) is 0 Å². The highest BCUT2D eigenvalue weighted by Crippen LogP contribution is 1.66. The van der Waals surface area contributed by atoms with E-state index < -0.39 is 0 Å². The Morgan fingerprint density at radius 2 is 2.00 bits per heavy atom. The molecule has 0 aliphatic heterocycles. The Hall–Kier alpha value is 0.270. The molecule has 0 unspecified atom stereocenters. The van der Waals surface area contributed by atoms with E-state index in [1.54, 1.807) is 0 Å². The Kier molecular flexibility index (Phi) is 7.52. The smallest absolute Gasteiger partial charge is 0.00769 e. The first kappa shape index (κ1) is 8.27. The first-order valence-corrected chi connectivity index (χ1v) is 3.51. The van der Waals surface area contributed by atoms with Crippen molar-refractivity contribution in [2.45, 2.75) is 0 Å². The fourth-order valence-corrected chi connectivity index (χ4v) is 0.576. The van der Waals surface area contributed by atoms with Gasteiger partial charge in [0, 0.05) is 25.4 Å². The van der Waals surface area contributed by atoms with E-state index in [0.717, 1.165) is 25.4 Å². The van der Waals surface area contributed by atoms with Crippen molar-refractivity contribution >= 4 is 12.6 Å². The standard InChI is InChI=1S/C5H14N2S/c1-6-2-3-7-4-5-8/h6-8H,2-5H2,1H3. The minimum atomic E-state index is 0.920.